The molecular weight excluding hydrogens is 214 g/mol. The maximum atomic E-state index is 5.52. The standard InChI is InChI=1S/C14H23NO2/c1-3-15-13(2)9-10-16-11-12-17-14-7-5-4-6-8-14/h4-8,13,15H,3,9-12H2,1-2H3. The molecule has 3 nitrogen and oxygen atoms in total. The molecule has 0 aromatic heterocycles. The highest BCUT2D eigenvalue weighted by Gasteiger charge is 1.99. The predicted molar refractivity (Wildman–Crippen MR) is 70.5 cm³/mol. The largest absolute Gasteiger partial charge is 0.491 e. The van der Waals surface area contributed by atoms with Gasteiger partial charge in [-0.25, -0.2) is 0 Å². The second-order valence-electron chi connectivity index (χ2n) is 4.02. The second kappa shape index (κ2) is 9.02. The van der Waals surface area contributed by atoms with Gasteiger partial charge in [0.05, 0.1) is 6.61 Å². The summed E-state index contributed by atoms with van der Waals surface area (Å²) < 4.78 is 11.0. The minimum atomic E-state index is 0.523. The highest BCUT2D eigenvalue weighted by molar-refractivity contribution is 5.20. The van der Waals surface area contributed by atoms with E-state index in [1.54, 1.807) is 0 Å². The highest BCUT2D eigenvalue weighted by Crippen LogP contribution is 2.07. The van der Waals surface area contributed by atoms with Gasteiger partial charge in [0, 0.05) is 12.6 Å². The van der Waals surface area contributed by atoms with Gasteiger partial charge in [-0.2, -0.15) is 0 Å². The lowest BCUT2D eigenvalue weighted by molar-refractivity contribution is 0.0941. The zero-order valence-electron chi connectivity index (χ0n) is 10.8. The van der Waals surface area contributed by atoms with Crippen LogP contribution in [0.25, 0.3) is 0 Å². The van der Waals surface area contributed by atoms with Crippen molar-refractivity contribution in [2.75, 3.05) is 26.4 Å². The van der Waals surface area contributed by atoms with Crippen molar-refractivity contribution in [3.8, 4) is 5.75 Å². The van der Waals surface area contributed by atoms with Crippen LogP contribution in [-0.2, 0) is 4.74 Å². The number of hydrogen-bond acceptors (Lipinski definition) is 3. The van der Waals surface area contributed by atoms with Crippen LogP contribution < -0.4 is 10.1 Å². The van der Waals surface area contributed by atoms with Crippen molar-refractivity contribution in [2.45, 2.75) is 26.3 Å². The summed E-state index contributed by atoms with van der Waals surface area (Å²) in [6.07, 6.45) is 1.04. The molecule has 0 saturated carbocycles. The van der Waals surface area contributed by atoms with Gasteiger partial charge in [-0.1, -0.05) is 25.1 Å². The van der Waals surface area contributed by atoms with E-state index < -0.39 is 0 Å². The van der Waals surface area contributed by atoms with Gasteiger partial charge in [0.1, 0.15) is 12.4 Å². The van der Waals surface area contributed by atoms with Gasteiger partial charge in [-0.15, -0.1) is 0 Å². The summed E-state index contributed by atoms with van der Waals surface area (Å²) in [5.74, 6) is 0.900. The molecule has 0 amide bonds. The van der Waals surface area contributed by atoms with Crippen LogP contribution in [0, 0.1) is 0 Å². The van der Waals surface area contributed by atoms with Gasteiger partial charge in [0.2, 0.25) is 0 Å². The minimum Gasteiger partial charge on any atom is -0.491 e. The zero-order valence-corrected chi connectivity index (χ0v) is 10.8. The molecule has 1 rings (SSSR count). The average Bonchev–Trinajstić information content (AvgIpc) is 2.35. The summed E-state index contributed by atoms with van der Waals surface area (Å²) >= 11 is 0. The first-order valence-corrected chi connectivity index (χ1v) is 6.32. The minimum absolute atomic E-state index is 0.523. The Morgan fingerprint density at radius 1 is 1.12 bits per heavy atom. The molecule has 0 aliphatic heterocycles. The van der Waals surface area contributed by atoms with E-state index in [2.05, 4.69) is 19.2 Å². The molecule has 0 bridgehead atoms. The van der Waals surface area contributed by atoms with Crippen molar-refractivity contribution >= 4 is 0 Å². The van der Waals surface area contributed by atoms with Crippen LogP contribution >= 0.6 is 0 Å². The van der Waals surface area contributed by atoms with E-state index in [9.17, 15) is 0 Å². The van der Waals surface area contributed by atoms with Crippen LogP contribution in [0.5, 0.6) is 5.75 Å². The van der Waals surface area contributed by atoms with Crippen molar-refractivity contribution in [1.82, 2.24) is 5.32 Å². The number of benzene rings is 1. The Kier molecular flexibility index (Phi) is 7.43. The first-order chi connectivity index (χ1) is 8.33. The molecule has 17 heavy (non-hydrogen) atoms. The lowest BCUT2D eigenvalue weighted by Crippen LogP contribution is -2.27. The molecule has 0 radical (unpaired) electrons. The van der Waals surface area contributed by atoms with Crippen LogP contribution in [0.4, 0.5) is 0 Å². The topological polar surface area (TPSA) is 30.5 Å². The van der Waals surface area contributed by atoms with Crippen LogP contribution in [-0.4, -0.2) is 32.4 Å². The van der Waals surface area contributed by atoms with Crippen molar-refractivity contribution in [3.05, 3.63) is 30.3 Å². The van der Waals surface area contributed by atoms with Crippen LogP contribution in [0.3, 0.4) is 0 Å². The molecule has 3 heteroatoms. The summed E-state index contributed by atoms with van der Waals surface area (Å²) in [6, 6.07) is 10.3. The SMILES string of the molecule is CCNC(C)CCOCCOc1ccccc1. The summed E-state index contributed by atoms with van der Waals surface area (Å²) in [5, 5.41) is 3.35. The van der Waals surface area contributed by atoms with E-state index in [1.807, 2.05) is 30.3 Å². The fourth-order valence-electron chi connectivity index (χ4n) is 1.55. The molecule has 0 fully saturated rings. The molecule has 1 N–H and O–H groups in total. The third-order valence-corrected chi connectivity index (χ3v) is 2.49. The third kappa shape index (κ3) is 6.97. The summed E-state index contributed by atoms with van der Waals surface area (Å²) in [5.41, 5.74) is 0. The summed E-state index contributed by atoms with van der Waals surface area (Å²) in [6.45, 7) is 7.34. The molecule has 1 unspecified atom stereocenters. The lowest BCUT2D eigenvalue weighted by Gasteiger charge is -2.12. The highest BCUT2D eigenvalue weighted by atomic mass is 16.5. The van der Waals surface area contributed by atoms with E-state index in [4.69, 9.17) is 9.47 Å². The van der Waals surface area contributed by atoms with Crippen LogP contribution in [0.15, 0.2) is 30.3 Å². The average molecular weight is 237 g/mol. The number of rotatable bonds is 9. The molecule has 0 aliphatic carbocycles. The van der Waals surface area contributed by atoms with Gasteiger partial charge < -0.3 is 14.8 Å². The molecule has 1 atom stereocenters. The van der Waals surface area contributed by atoms with E-state index in [1.165, 1.54) is 0 Å². The Morgan fingerprint density at radius 2 is 1.88 bits per heavy atom. The van der Waals surface area contributed by atoms with Crippen LogP contribution in [0.2, 0.25) is 0 Å². The quantitative estimate of drug-likeness (QED) is 0.669. The van der Waals surface area contributed by atoms with Crippen molar-refractivity contribution in [1.29, 1.82) is 0 Å². The molecule has 1 aromatic rings. The second-order valence-corrected chi connectivity index (χ2v) is 4.02. The van der Waals surface area contributed by atoms with E-state index in [-0.39, 0.29) is 0 Å². The fourth-order valence-corrected chi connectivity index (χ4v) is 1.55. The normalized spacial score (nSPS) is 12.4. The van der Waals surface area contributed by atoms with Gasteiger partial charge in [-0.3, -0.25) is 0 Å². The number of ether oxygens (including phenoxy) is 2. The fraction of sp³-hybridized carbons (Fsp3) is 0.571. The molecular formula is C14H23NO2. The predicted octanol–water partition coefficient (Wildman–Crippen LogP) is 2.47. The van der Waals surface area contributed by atoms with Gasteiger partial charge >= 0.3 is 0 Å². The Morgan fingerprint density at radius 3 is 2.59 bits per heavy atom. The van der Waals surface area contributed by atoms with E-state index in [0.717, 1.165) is 25.3 Å². The van der Waals surface area contributed by atoms with Crippen molar-refractivity contribution in [3.63, 3.8) is 0 Å². The Bertz CT molecular complexity index is 277. The maximum Gasteiger partial charge on any atom is 0.119 e. The summed E-state index contributed by atoms with van der Waals surface area (Å²) in [7, 11) is 0. The Labute approximate surface area is 104 Å². The van der Waals surface area contributed by atoms with E-state index >= 15 is 0 Å². The smallest absolute Gasteiger partial charge is 0.119 e. The molecule has 0 spiro atoms. The Hall–Kier alpha value is -1.06. The van der Waals surface area contributed by atoms with Crippen molar-refractivity contribution in [2.24, 2.45) is 0 Å². The molecule has 0 aliphatic rings. The zero-order chi connectivity index (χ0) is 12.3. The van der Waals surface area contributed by atoms with Gasteiger partial charge in [0.25, 0.3) is 0 Å². The number of para-hydroxylation sites is 1. The third-order valence-electron chi connectivity index (χ3n) is 2.49. The summed E-state index contributed by atoms with van der Waals surface area (Å²) in [4.78, 5) is 0. The van der Waals surface area contributed by atoms with Gasteiger partial charge in [0.15, 0.2) is 0 Å². The monoisotopic (exact) mass is 237 g/mol. The van der Waals surface area contributed by atoms with Crippen LogP contribution in [0.1, 0.15) is 20.3 Å². The number of hydrogen-bond donors (Lipinski definition) is 1. The first kappa shape index (κ1) is 14.0. The van der Waals surface area contributed by atoms with E-state index in [0.29, 0.717) is 19.3 Å². The lowest BCUT2D eigenvalue weighted by atomic mass is 10.2. The maximum absolute atomic E-state index is 5.52. The van der Waals surface area contributed by atoms with Crippen molar-refractivity contribution < 1.29 is 9.47 Å². The van der Waals surface area contributed by atoms with Gasteiger partial charge in [-0.05, 0) is 32.0 Å². The first-order valence-electron chi connectivity index (χ1n) is 6.32. The molecule has 96 valence electrons. The Balaban J connectivity index is 1.95. The molecule has 0 heterocycles. The molecule has 1 aromatic carbocycles. The molecule has 0 saturated heterocycles. The number of nitrogens with one attached hydrogen (secondary N) is 1.